The summed E-state index contributed by atoms with van der Waals surface area (Å²) < 4.78 is 10.4. The van der Waals surface area contributed by atoms with Crippen LogP contribution in [0.15, 0.2) is 24.3 Å². The first-order valence-electron chi connectivity index (χ1n) is 8.31. The average Bonchev–Trinajstić information content (AvgIpc) is 2.56. The topological polar surface area (TPSA) is 47.6 Å². The molecule has 0 aliphatic carbocycles. The quantitative estimate of drug-likeness (QED) is 0.519. The van der Waals surface area contributed by atoms with Gasteiger partial charge in [0.05, 0.1) is 14.2 Å². The zero-order valence-electron chi connectivity index (χ0n) is 14.7. The van der Waals surface area contributed by atoms with E-state index in [0.29, 0.717) is 11.5 Å². The third-order valence-corrected chi connectivity index (χ3v) is 3.71. The van der Waals surface area contributed by atoms with Crippen LogP contribution in [0.4, 0.5) is 0 Å². The molecule has 0 aliphatic rings. The van der Waals surface area contributed by atoms with Gasteiger partial charge in [0.25, 0.3) is 0 Å². The minimum Gasteiger partial charge on any atom is -0.493 e. The largest absolute Gasteiger partial charge is 0.493 e. The highest BCUT2D eigenvalue weighted by Gasteiger charge is 2.05. The van der Waals surface area contributed by atoms with Crippen LogP contribution in [0.3, 0.4) is 0 Å². The molecule has 1 aromatic carbocycles. The number of hydrogen-bond donors (Lipinski definition) is 1. The van der Waals surface area contributed by atoms with E-state index in [1.54, 1.807) is 26.4 Å². The van der Waals surface area contributed by atoms with Crippen LogP contribution in [-0.2, 0) is 4.79 Å². The molecule has 4 heteroatoms. The predicted octanol–water partition coefficient (Wildman–Crippen LogP) is 4.19. The summed E-state index contributed by atoms with van der Waals surface area (Å²) in [5.74, 6) is 1.26. The van der Waals surface area contributed by atoms with Crippen molar-refractivity contribution in [3.8, 4) is 11.5 Å². The van der Waals surface area contributed by atoms with Crippen molar-refractivity contribution in [1.82, 2.24) is 5.32 Å². The van der Waals surface area contributed by atoms with Gasteiger partial charge >= 0.3 is 0 Å². The molecule has 1 N–H and O–H groups in total. The molecule has 0 heterocycles. The number of amides is 1. The second kappa shape index (κ2) is 10.7. The third kappa shape index (κ3) is 7.22. The fourth-order valence-corrected chi connectivity index (χ4v) is 2.37. The van der Waals surface area contributed by atoms with Crippen molar-refractivity contribution in [2.24, 2.45) is 0 Å². The Bertz CT molecular complexity index is 511. The molecule has 0 bridgehead atoms. The van der Waals surface area contributed by atoms with Gasteiger partial charge in [0.15, 0.2) is 11.5 Å². The van der Waals surface area contributed by atoms with Crippen molar-refractivity contribution in [1.29, 1.82) is 0 Å². The van der Waals surface area contributed by atoms with Crippen molar-refractivity contribution in [3.05, 3.63) is 29.8 Å². The van der Waals surface area contributed by atoms with E-state index in [9.17, 15) is 4.79 Å². The molecule has 128 valence electrons. The van der Waals surface area contributed by atoms with Gasteiger partial charge in [-0.05, 0) is 37.1 Å². The second-order valence-corrected chi connectivity index (χ2v) is 5.71. The predicted molar refractivity (Wildman–Crippen MR) is 94.9 cm³/mol. The Morgan fingerprint density at radius 3 is 2.57 bits per heavy atom. The molecule has 0 spiro atoms. The summed E-state index contributed by atoms with van der Waals surface area (Å²) >= 11 is 0. The zero-order chi connectivity index (χ0) is 17.1. The van der Waals surface area contributed by atoms with Gasteiger partial charge in [0.1, 0.15) is 0 Å². The smallest absolute Gasteiger partial charge is 0.244 e. The molecule has 1 amide bonds. The van der Waals surface area contributed by atoms with Crippen LogP contribution < -0.4 is 14.8 Å². The van der Waals surface area contributed by atoms with E-state index in [1.165, 1.54) is 19.3 Å². The molecule has 1 rings (SSSR count). The van der Waals surface area contributed by atoms with Crippen LogP contribution in [0.5, 0.6) is 11.5 Å². The van der Waals surface area contributed by atoms with Crippen molar-refractivity contribution < 1.29 is 14.3 Å². The highest BCUT2D eigenvalue weighted by molar-refractivity contribution is 5.91. The summed E-state index contributed by atoms with van der Waals surface area (Å²) in [6, 6.07) is 5.76. The molecular formula is C19H29NO3. The second-order valence-electron chi connectivity index (χ2n) is 5.71. The molecule has 0 radical (unpaired) electrons. The van der Waals surface area contributed by atoms with E-state index in [4.69, 9.17) is 9.47 Å². The van der Waals surface area contributed by atoms with Crippen molar-refractivity contribution >= 4 is 12.0 Å². The molecule has 1 aromatic rings. The lowest BCUT2D eigenvalue weighted by Crippen LogP contribution is -2.30. The van der Waals surface area contributed by atoms with E-state index < -0.39 is 0 Å². The van der Waals surface area contributed by atoms with Gasteiger partial charge in [-0.2, -0.15) is 0 Å². The van der Waals surface area contributed by atoms with Crippen molar-refractivity contribution in [2.75, 3.05) is 14.2 Å². The number of carbonyl (C=O) groups is 1. The first-order valence-corrected chi connectivity index (χ1v) is 8.31. The van der Waals surface area contributed by atoms with Crippen molar-refractivity contribution in [3.63, 3.8) is 0 Å². The number of hydrogen-bond acceptors (Lipinski definition) is 3. The van der Waals surface area contributed by atoms with Crippen LogP contribution in [0.1, 0.15) is 51.5 Å². The summed E-state index contributed by atoms with van der Waals surface area (Å²) in [5.41, 5.74) is 0.897. The number of unbranched alkanes of at least 4 members (excludes halogenated alkanes) is 3. The Labute approximate surface area is 139 Å². The molecule has 0 fully saturated rings. The Hall–Kier alpha value is -1.97. The number of nitrogens with one attached hydrogen (secondary N) is 1. The lowest BCUT2D eigenvalue weighted by molar-refractivity contribution is -0.117. The summed E-state index contributed by atoms with van der Waals surface area (Å²) in [6.45, 7) is 4.25. The van der Waals surface area contributed by atoms with Gasteiger partial charge in [-0.1, -0.05) is 38.7 Å². The average molecular weight is 319 g/mol. The Morgan fingerprint density at radius 2 is 1.91 bits per heavy atom. The summed E-state index contributed by atoms with van der Waals surface area (Å²) in [4.78, 5) is 11.9. The van der Waals surface area contributed by atoms with Crippen LogP contribution >= 0.6 is 0 Å². The van der Waals surface area contributed by atoms with Crippen LogP contribution in [0, 0.1) is 0 Å². The first-order chi connectivity index (χ1) is 11.1. The lowest BCUT2D eigenvalue weighted by Gasteiger charge is -2.12. The van der Waals surface area contributed by atoms with Crippen molar-refractivity contribution in [2.45, 2.75) is 52.0 Å². The molecule has 4 nitrogen and oxygen atoms in total. The Kier molecular flexibility index (Phi) is 8.88. The minimum atomic E-state index is -0.0669. The number of methoxy groups -OCH3 is 2. The zero-order valence-corrected chi connectivity index (χ0v) is 14.7. The van der Waals surface area contributed by atoms with E-state index >= 15 is 0 Å². The van der Waals surface area contributed by atoms with Gasteiger partial charge in [0, 0.05) is 12.1 Å². The van der Waals surface area contributed by atoms with E-state index in [1.807, 2.05) is 25.1 Å². The standard InChI is InChI=1S/C19H29NO3/c1-5-6-7-8-9-15(2)20-19(21)13-11-16-10-12-17(22-3)18(14-16)23-4/h10-15H,5-9H2,1-4H3,(H,20,21)/b13-11+/t15-/m1/s1. The maximum absolute atomic E-state index is 11.9. The van der Waals surface area contributed by atoms with Gasteiger partial charge < -0.3 is 14.8 Å². The van der Waals surface area contributed by atoms with E-state index in [2.05, 4.69) is 12.2 Å². The van der Waals surface area contributed by atoms with E-state index in [0.717, 1.165) is 18.4 Å². The maximum atomic E-state index is 11.9. The summed E-state index contributed by atoms with van der Waals surface area (Å²) in [6.07, 6.45) is 9.25. The fraction of sp³-hybridized carbons (Fsp3) is 0.526. The van der Waals surface area contributed by atoms with Crippen LogP contribution in [0.2, 0.25) is 0 Å². The van der Waals surface area contributed by atoms with Gasteiger partial charge in [-0.25, -0.2) is 0 Å². The van der Waals surface area contributed by atoms with Gasteiger partial charge in [-0.3, -0.25) is 4.79 Å². The molecule has 0 unspecified atom stereocenters. The van der Waals surface area contributed by atoms with Crippen LogP contribution in [-0.4, -0.2) is 26.2 Å². The minimum absolute atomic E-state index is 0.0669. The Balaban J connectivity index is 2.48. The van der Waals surface area contributed by atoms with E-state index in [-0.39, 0.29) is 11.9 Å². The summed E-state index contributed by atoms with van der Waals surface area (Å²) in [5, 5.41) is 3.00. The SMILES string of the molecule is CCCCCC[C@@H](C)NC(=O)/C=C/c1ccc(OC)c(OC)c1. The number of benzene rings is 1. The normalized spacial score (nSPS) is 12.2. The molecular weight excluding hydrogens is 290 g/mol. The number of ether oxygens (including phenoxy) is 2. The van der Waals surface area contributed by atoms with Gasteiger partial charge in [0.2, 0.25) is 5.91 Å². The molecule has 0 aliphatic heterocycles. The summed E-state index contributed by atoms with van der Waals surface area (Å²) in [7, 11) is 3.20. The first kappa shape index (κ1) is 19.1. The third-order valence-electron chi connectivity index (χ3n) is 3.71. The van der Waals surface area contributed by atoms with Crippen LogP contribution in [0.25, 0.3) is 6.08 Å². The maximum Gasteiger partial charge on any atom is 0.244 e. The highest BCUT2D eigenvalue weighted by atomic mass is 16.5. The Morgan fingerprint density at radius 1 is 1.17 bits per heavy atom. The number of carbonyl (C=O) groups excluding carboxylic acids is 1. The fourth-order valence-electron chi connectivity index (χ4n) is 2.37. The molecule has 0 saturated carbocycles. The highest BCUT2D eigenvalue weighted by Crippen LogP contribution is 2.27. The van der Waals surface area contributed by atoms with Gasteiger partial charge in [-0.15, -0.1) is 0 Å². The number of rotatable bonds is 10. The molecule has 0 aromatic heterocycles. The lowest BCUT2D eigenvalue weighted by atomic mass is 10.1. The molecule has 1 atom stereocenters. The molecule has 0 saturated heterocycles. The molecule has 23 heavy (non-hydrogen) atoms. The monoisotopic (exact) mass is 319 g/mol.